The fraction of sp³-hybridized carbons (Fsp3) is 0.182. The Labute approximate surface area is 110 Å². The lowest BCUT2D eigenvalue weighted by Gasteiger charge is -1.97. The molecule has 1 aromatic carbocycles. The molecule has 0 aliphatic carbocycles. The maximum absolute atomic E-state index is 13.5. The Hall–Kier alpha value is -1.76. The van der Waals surface area contributed by atoms with Crippen molar-refractivity contribution in [3.8, 4) is 11.5 Å². The molecule has 0 aliphatic heterocycles. The van der Waals surface area contributed by atoms with E-state index in [0.717, 1.165) is 0 Å². The predicted molar refractivity (Wildman–Crippen MR) is 63.3 cm³/mol. The minimum Gasteiger partial charge on any atom is -0.460 e. The molecule has 0 fully saturated rings. The van der Waals surface area contributed by atoms with Crippen LogP contribution in [0.5, 0.6) is 0 Å². The Morgan fingerprint density at radius 2 is 2.33 bits per heavy atom. The van der Waals surface area contributed by atoms with Gasteiger partial charge in [-0.2, -0.15) is 4.98 Å². The Bertz CT molecular complexity index is 585. The molecule has 0 unspecified atom stereocenters. The number of benzene rings is 1. The second-order valence-electron chi connectivity index (χ2n) is 3.27. The second kappa shape index (κ2) is 5.26. The van der Waals surface area contributed by atoms with Crippen LogP contribution in [0.2, 0.25) is 0 Å². The van der Waals surface area contributed by atoms with Crippen LogP contribution < -0.4 is 0 Å². The smallest absolute Gasteiger partial charge is 0.379 e. The average Bonchev–Trinajstić information content (AvgIpc) is 2.82. The number of carbonyl (C=O) groups excluding carboxylic acids is 1. The van der Waals surface area contributed by atoms with Crippen LogP contribution in [0.15, 0.2) is 27.2 Å². The lowest BCUT2D eigenvalue weighted by Crippen LogP contribution is -2.06. The number of aromatic nitrogens is 2. The van der Waals surface area contributed by atoms with Gasteiger partial charge in [-0.25, -0.2) is 9.18 Å². The lowest BCUT2D eigenvalue weighted by atomic mass is 10.2. The molecule has 0 aliphatic rings. The van der Waals surface area contributed by atoms with E-state index in [2.05, 4.69) is 26.1 Å². The summed E-state index contributed by atoms with van der Waals surface area (Å²) in [6, 6.07) is 4.28. The van der Waals surface area contributed by atoms with Crippen LogP contribution in [0.3, 0.4) is 0 Å². The number of hydrogen-bond acceptors (Lipinski definition) is 5. The van der Waals surface area contributed by atoms with Gasteiger partial charge in [-0.05, 0) is 30.3 Å². The van der Waals surface area contributed by atoms with E-state index in [0.29, 0.717) is 4.47 Å². The van der Waals surface area contributed by atoms with E-state index in [1.54, 1.807) is 13.0 Å². The van der Waals surface area contributed by atoms with Crippen molar-refractivity contribution in [2.24, 2.45) is 0 Å². The van der Waals surface area contributed by atoms with Crippen LogP contribution >= 0.6 is 15.9 Å². The Morgan fingerprint density at radius 1 is 1.56 bits per heavy atom. The van der Waals surface area contributed by atoms with Crippen LogP contribution in [0.1, 0.15) is 17.5 Å². The van der Waals surface area contributed by atoms with Gasteiger partial charge in [-0.15, -0.1) is 0 Å². The first-order valence-corrected chi connectivity index (χ1v) is 5.87. The van der Waals surface area contributed by atoms with Crippen molar-refractivity contribution < 1.29 is 18.4 Å². The maximum Gasteiger partial charge on any atom is 0.379 e. The average molecular weight is 315 g/mol. The highest BCUT2D eigenvalue weighted by Gasteiger charge is 2.18. The lowest BCUT2D eigenvalue weighted by molar-refractivity contribution is 0.0508. The molecule has 0 spiro atoms. The Morgan fingerprint density at radius 3 is 3.06 bits per heavy atom. The Balaban J connectivity index is 2.35. The number of esters is 1. The zero-order chi connectivity index (χ0) is 13.1. The first-order valence-electron chi connectivity index (χ1n) is 5.08. The minimum absolute atomic E-state index is 0.0724. The van der Waals surface area contributed by atoms with Gasteiger partial charge in [0.05, 0.1) is 12.2 Å². The van der Waals surface area contributed by atoms with E-state index >= 15 is 0 Å². The first-order chi connectivity index (χ1) is 8.61. The second-order valence-corrected chi connectivity index (χ2v) is 4.18. The molecule has 0 amide bonds. The summed E-state index contributed by atoms with van der Waals surface area (Å²) in [5.74, 6) is -1.52. The third-order valence-corrected chi connectivity index (χ3v) is 2.54. The molecule has 94 valence electrons. The zero-order valence-corrected chi connectivity index (χ0v) is 10.9. The molecule has 0 atom stereocenters. The van der Waals surface area contributed by atoms with Crippen LogP contribution in [0.4, 0.5) is 4.39 Å². The number of hydrogen-bond donors (Lipinski definition) is 0. The van der Waals surface area contributed by atoms with Gasteiger partial charge >= 0.3 is 5.97 Å². The normalized spacial score (nSPS) is 10.4. The summed E-state index contributed by atoms with van der Waals surface area (Å²) in [4.78, 5) is 15.1. The maximum atomic E-state index is 13.5. The van der Waals surface area contributed by atoms with Gasteiger partial charge in [0, 0.05) is 4.47 Å². The predicted octanol–water partition coefficient (Wildman–Crippen LogP) is 2.81. The van der Waals surface area contributed by atoms with Crippen molar-refractivity contribution in [1.29, 1.82) is 0 Å². The summed E-state index contributed by atoms with van der Waals surface area (Å²) in [5.41, 5.74) is 0.118. The van der Waals surface area contributed by atoms with Gasteiger partial charge < -0.3 is 9.26 Å². The van der Waals surface area contributed by atoms with Gasteiger partial charge in [0.25, 0.3) is 11.7 Å². The number of rotatable bonds is 3. The molecule has 0 saturated heterocycles. The van der Waals surface area contributed by atoms with Crippen LogP contribution in [-0.4, -0.2) is 22.7 Å². The van der Waals surface area contributed by atoms with Gasteiger partial charge in [-0.1, -0.05) is 15.9 Å². The summed E-state index contributed by atoms with van der Waals surface area (Å²) >= 11 is 3.21. The zero-order valence-electron chi connectivity index (χ0n) is 9.31. The van der Waals surface area contributed by atoms with Crippen LogP contribution in [0.25, 0.3) is 11.5 Å². The molecule has 1 heterocycles. The summed E-state index contributed by atoms with van der Waals surface area (Å²) in [5, 5.41) is 3.44. The first kappa shape index (κ1) is 12.7. The molecule has 7 heteroatoms. The van der Waals surface area contributed by atoms with Gasteiger partial charge in [-0.3, -0.25) is 0 Å². The third kappa shape index (κ3) is 2.56. The van der Waals surface area contributed by atoms with E-state index in [9.17, 15) is 9.18 Å². The Kier molecular flexibility index (Phi) is 3.71. The molecule has 18 heavy (non-hydrogen) atoms. The molecule has 0 N–H and O–H groups in total. The molecule has 1 aromatic heterocycles. The topological polar surface area (TPSA) is 65.2 Å². The minimum atomic E-state index is -0.706. The van der Waals surface area contributed by atoms with E-state index < -0.39 is 11.8 Å². The monoisotopic (exact) mass is 314 g/mol. The van der Waals surface area contributed by atoms with E-state index in [-0.39, 0.29) is 23.9 Å². The molecular weight excluding hydrogens is 307 g/mol. The van der Waals surface area contributed by atoms with Crippen LogP contribution in [0, 0.1) is 5.82 Å². The SMILES string of the molecule is CCOC(=O)c1noc(-c2cc(Br)ccc2F)n1. The largest absolute Gasteiger partial charge is 0.460 e. The fourth-order valence-electron chi connectivity index (χ4n) is 1.27. The van der Waals surface area contributed by atoms with E-state index in [1.165, 1.54) is 12.1 Å². The van der Waals surface area contributed by atoms with E-state index in [1.807, 2.05) is 0 Å². The van der Waals surface area contributed by atoms with Gasteiger partial charge in [0.2, 0.25) is 0 Å². The molecule has 5 nitrogen and oxygen atoms in total. The molecule has 0 bridgehead atoms. The van der Waals surface area contributed by atoms with Crippen molar-refractivity contribution in [2.45, 2.75) is 6.92 Å². The van der Waals surface area contributed by atoms with Crippen LogP contribution in [-0.2, 0) is 4.74 Å². The highest BCUT2D eigenvalue weighted by atomic mass is 79.9. The quantitative estimate of drug-likeness (QED) is 0.815. The van der Waals surface area contributed by atoms with Gasteiger partial charge in [0.1, 0.15) is 5.82 Å². The number of ether oxygens (including phenoxy) is 1. The van der Waals surface area contributed by atoms with Crippen molar-refractivity contribution in [2.75, 3.05) is 6.61 Å². The van der Waals surface area contributed by atoms with Crippen molar-refractivity contribution >= 4 is 21.9 Å². The number of carbonyl (C=O) groups is 1. The molecule has 0 radical (unpaired) electrons. The number of nitrogens with zero attached hydrogens (tertiary/aromatic N) is 2. The fourth-order valence-corrected chi connectivity index (χ4v) is 1.63. The highest BCUT2D eigenvalue weighted by molar-refractivity contribution is 9.10. The summed E-state index contributed by atoms with van der Waals surface area (Å²) in [7, 11) is 0. The molecule has 2 aromatic rings. The number of halogens is 2. The summed E-state index contributed by atoms with van der Waals surface area (Å²) in [6.45, 7) is 1.86. The van der Waals surface area contributed by atoms with Crippen molar-refractivity contribution in [3.05, 3.63) is 34.3 Å². The standard InChI is InChI=1S/C11H8BrFN2O3/c1-2-17-11(16)9-14-10(18-15-9)7-5-6(12)3-4-8(7)13/h3-5H,2H2,1H3. The summed E-state index contributed by atoms with van der Waals surface area (Å²) < 4.78 is 23.7. The molecular formula is C11H8BrFN2O3. The van der Waals surface area contributed by atoms with Crippen molar-refractivity contribution in [3.63, 3.8) is 0 Å². The third-order valence-electron chi connectivity index (χ3n) is 2.04. The van der Waals surface area contributed by atoms with Gasteiger partial charge in [0.15, 0.2) is 0 Å². The van der Waals surface area contributed by atoms with E-state index in [4.69, 9.17) is 9.26 Å². The highest BCUT2D eigenvalue weighted by Crippen LogP contribution is 2.24. The molecule has 2 rings (SSSR count). The molecule has 0 saturated carbocycles. The van der Waals surface area contributed by atoms with Crippen molar-refractivity contribution in [1.82, 2.24) is 10.1 Å². The summed E-state index contributed by atoms with van der Waals surface area (Å²) in [6.07, 6.45) is 0.